The lowest BCUT2D eigenvalue weighted by Gasteiger charge is -2.18. The summed E-state index contributed by atoms with van der Waals surface area (Å²) in [5.74, 6) is -1.45. The predicted molar refractivity (Wildman–Crippen MR) is 270 cm³/mol. The van der Waals surface area contributed by atoms with E-state index in [0.717, 1.165) is 62.5 Å². The molecule has 0 atom stereocenters. The van der Waals surface area contributed by atoms with Crippen LogP contribution in [0.5, 0.6) is 11.5 Å². The average molecular weight is 973 g/mol. The second-order valence-electron chi connectivity index (χ2n) is 18.9. The summed E-state index contributed by atoms with van der Waals surface area (Å²) in [6.45, 7) is 7.66. The molecule has 0 saturated heterocycles. The van der Waals surface area contributed by atoms with Crippen LogP contribution in [-0.4, -0.2) is 74.8 Å². The highest BCUT2D eigenvalue weighted by Crippen LogP contribution is 2.42. The number of ether oxygens (including phenoxy) is 7. The van der Waals surface area contributed by atoms with Crippen LogP contribution in [-0.2, 0) is 55.8 Å². The van der Waals surface area contributed by atoms with Crippen LogP contribution < -0.4 is 4.74 Å². The van der Waals surface area contributed by atoms with Crippen LogP contribution in [0.15, 0.2) is 11.6 Å². The molecule has 0 unspecified atom stereocenters. The van der Waals surface area contributed by atoms with Crippen molar-refractivity contribution in [1.29, 1.82) is 0 Å². The lowest BCUT2D eigenvalue weighted by Crippen LogP contribution is -2.31. The summed E-state index contributed by atoms with van der Waals surface area (Å²) < 4.78 is 37.6. The van der Waals surface area contributed by atoms with Gasteiger partial charge in [0, 0.05) is 36.8 Å². The fourth-order valence-corrected chi connectivity index (χ4v) is 8.55. The number of fused-ring (bicyclic) bond motifs is 1. The van der Waals surface area contributed by atoms with E-state index < -0.39 is 36.1 Å². The first-order valence-corrected chi connectivity index (χ1v) is 27.1. The number of carbonyl (C=O) groups is 5. The molecule has 0 amide bonds. The zero-order chi connectivity index (χ0) is 50.3. The first kappa shape index (κ1) is 60.8. The van der Waals surface area contributed by atoms with Gasteiger partial charge in [0.05, 0.1) is 20.3 Å². The van der Waals surface area contributed by atoms with Gasteiger partial charge in [-0.1, -0.05) is 180 Å². The van der Waals surface area contributed by atoms with Gasteiger partial charge in [-0.25, -0.2) is 9.59 Å². The standard InChI is InChI=1S/C56H92O13/c1-6-8-10-12-14-16-18-20-22-24-26-28-30-33-49(57)66-41-46(42-67-50(58)34-31-29-27-25-23-21-19-17-15-13-11-9-7-2)69-56(62)65-40-32-39-64-51(59)38-36-44(3)35-37-47-53(60)52-48(43-68-55(52)61)45(4)54(47)63-5/h35,46,60H,6-34,36-43H2,1-5H3/b44-35+. The molecule has 0 saturated carbocycles. The summed E-state index contributed by atoms with van der Waals surface area (Å²) in [6, 6.07) is 0. The molecule has 0 spiro atoms. The van der Waals surface area contributed by atoms with E-state index in [1.165, 1.54) is 123 Å². The van der Waals surface area contributed by atoms with Gasteiger partial charge < -0.3 is 38.3 Å². The monoisotopic (exact) mass is 973 g/mol. The normalized spacial score (nSPS) is 12.2. The molecule has 394 valence electrons. The van der Waals surface area contributed by atoms with Crippen LogP contribution >= 0.6 is 0 Å². The topological polar surface area (TPSA) is 170 Å². The van der Waals surface area contributed by atoms with Crippen molar-refractivity contribution in [2.75, 3.05) is 33.5 Å². The van der Waals surface area contributed by atoms with E-state index in [2.05, 4.69) is 13.8 Å². The molecule has 0 aliphatic carbocycles. The van der Waals surface area contributed by atoms with Crippen LogP contribution in [0.25, 0.3) is 0 Å². The van der Waals surface area contributed by atoms with Gasteiger partial charge in [0.15, 0.2) is 6.10 Å². The Hall–Kier alpha value is -4.29. The van der Waals surface area contributed by atoms with E-state index in [1.807, 2.05) is 19.9 Å². The highest BCUT2D eigenvalue weighted by atomic mass is 16.7. The number of esters is 4. The minimum absolute atomic E-state index is 0.0154. The second-order valence-corrected chi connectivity index (χ2v) is 18.9. The number of benzene rings is 1. The number of rotatable bonds is 43. The minimum atomic E-state index is -1.04. The van der Waals surface area contributed by atoms with Gasteiger partial charge in [-0.3, -0.25) is 14.4 Å². The molecular formula is C56H92O13. The Morgan fingerprint density at radius 2 is 1.03 bits per heavy atom. The molecule has 1 N–H and O–H groups in total. The summed E-state index contributed by atoms with van der Waals surface area (Å²) >= 11 is 0. The van der Waals surface area contributed by atoms with Gasteiger partial charge in [-0.05, 0) is 45.1 Å². The summed E-state index contributed by atoms with van der Waals surface area (Å²) in [6.07, 6.45) is 32.7. The lowest BCUT2D eigenvalue weighted by molar-refractivity contribution is -0.154. The van der Waals surface area contributed by atoms with Crippen molar-refractivity contribution < 1.29 is 62.2 Å². The van der Waals surface area contributed by atoms with Crippen LogP contribution in [0.1, 0.15) is 247 Å². The molecule has 1 heterocycles. The van der Waals surface area contributed by atoms with Gasteiger partial charge in [0.1, 0.15) is 36.9 Å². The summed E-state index contributed by atoms with van der Waals surface area (Å²) in [7, 11) is 1.51. The third-order valence-electron chi connectivity index (χ3n) is 12.9. The van der Waals surface area contributed by atoms with Crippen molar-refractivity contribution in [3.63, 3.8) is 0 Å². The van der Waals surface area contributed by atoms with Crippen LogP contribution in [0.2, 0.25) is 0 Å². The molecule has 1 aromatic rings. The Bertz CT molecular complexity index is 1590. The maximum absolute atomic E-state index is 12.7. The SMILES string of the molecule is CCCCCCCCCCCCCCCC(=O)OCC(COC(=O)CCCCCCCCCCCCCCC)OC(=O)OCCCOC(=O)CC/C(C)=C/Cc1c(O)c2c(c(C)c1OC)COC2=O. The number of hydrogen-bond donors (Lipinski definition) is 1. The van der Waals surface area contributed by atoms with Crippen LogP contribution in [0, 0.1) is 6.92 Å². The first-order valence-electron chi connectivity index (χ1n) is 27.1. The van der Waals surface area contributed by atoms with Crippen molar-refractivity contribution in [1.82, 2.24) is 0 Å². The van der Waals surface area contributed by atoms with E-state index in [1.54, 1.807) is 0 Å². The zero-order valence-corrected chi connectivity index (χ0v) is 43.7. The Labute approximate surface area is 415 Å². The summed E-state index contributed by atoms with van der Waals surface area (Å²) in [5, 5.41) is 10.9. The Morgan fingerprint density at radius 1 is 0.594 bits per heavy atom. The van der Waals surface area contributed by atoms with Crippen molar-refractivity contribution in [2.45, 2.75) is 246 Å². The highest BCUT2D eigenvalue weighted by Gasteiger charge is 2.32. The molecule has 1 aromatic carbocycles. The molecular weight excluding hydrogens is 881 g/mol. The van der Waals surface area contributed by atoms with Gasteiger partial charge in [0.2, 0.25) is 0 Å². The lowest BCUT2D eigenvalue weighted by atomic mass is 9.94. The highest BCUT2D eigenvalue weighted by molar-refractivity contribution is 5.98. The minimum Gasteiger partial charge on any atom is -0.507 e. The number of phenolic OH excluding ortho intramolecular Hbond substituents is 1. The second kappa shape index (κ2) is 39.4. The Balaban J connectivity index is 1.71. The van der Waals surface area contributed by atoms with Crippen molar-refractivity contribution in [3.8, 4) is 11.5 Å². The molecule has 0 aromatic heterocycles. The summed E-state index contributed by atoms with van der Waals surface area (Å²) in [5.41, 5.74) is 2.88. The van der Waals surface area contributed by atoms with E-state index in [9.17, 15) is 29.1 Å². The number of unbranched alkanes of at least 4 members (excludes halogenated alkanes) is 24. The number of cyclic esters (lactones) is 1. The third-order valence-corrected chi connectivity index (χ3v) is 12.9. The van der Waals surface area contributed by atoms with Crippen LogP contribution in [0.3, 0.4) is 0 Å². The van der Waals surface area contributed by atoms with Gasteiger partial charge in [-0.2, -0.15) is 0 Å². The zero-order valence-electron chi connectivity index (χ0n) is 43.7. The molecule has 0 radical (unpaired) electrons. The first-order chi connectivity index (χ1) is 33.5. The Kier molecular flexibility index (Phi) is 34.8. The van der Waals surface area contributed by atoms with E-state index in [0.29, 0.717) is 23.3 Å². The van der Waals surface area contributed by atoms with Crippen LogP contribution in [0.4, 0.5) is 4.79 Å². The maximum Gasteiger partial charge on any atom is 0.508 e. The number of carbonyl (C=O) groups excluding carboxylic acids is 5. The third kappa shape index (κ3) is 28.2. The quantitative estimate of drug-likeness (QED) is 0.0284. The molecule has 13 nitrogen and oxygen atoms in total. The summed E-state index contributed by atoms with van der Waals surface area (Å²) in [4.78, 5) is 62.6. The van der Waals surface area contributed by atoms with Crippen molar-refractivity contribution >= 4 is 30.0 Å². The maximum atomic E-state index is 12.7. The molecule has 0 bridgehead atoms. The van der Waals surface area contributed by atoms with Gasteiger partial charge >= 0.3 is 30.0 Å². The van der Waals surface area contributed by atoms with Gasteiger partial charge in [-0.15, -0.1) is 0 Å². The fraction of sp³-hybridized carbons (Fsp3) is 0.768. The molecule has 2 rings (SSSR count). The molecule has 69 heavy (non-hydrogen) atoms. The fourth-order valence-electron chi connectivity index (χ4n) is 8.55. The number of methoxy groups -OCH3 is 1. The van der Waals surface area contributed by atoms with E-state index >= 15 is 0 Å². The van der Waals surface area contributed by atoms with Crippen molar-refractivity contribution in [3.05, 3.63) is 33.9 Å². The molecule has 13 heteroatoms. The molecule has 1 aliphatic rings. The molecule has 1 aliphatic heterocycles. The number of phenols is 1. The predicted octanol–water partition coefficient (Wildman–Crippen LogP) is 14.2. The van der Waals surface area contributed by atoms with E-state index in [-0.39, 0.29) is 76.5 Å². The van der Waals surface area contributed by atoms with Crippen molar-refractivity contribution in [2.24, 2.45) is 0 Å². The number of allylic oxidation sites excluding steroid dienone is 2. The largest absolute Gasteiger partial charge is 0.508 e. The number of aromatic hydroxyl groups is 1. The number of hydrogen-bond acceptors (Lipinski definition) is 13. The smallest absolute Gasteiger partial charge is 0.507 e. The Morgan fingerprint density at radius 3 is 1.49 bits per heavy atom. The molecule has 0 fully saturated rings. The average Bonchev–Trinajstić information content (AvgIpc) is 3.74. The van der Waals surface area contributed by atoms with Gasteiger partial charge in [0.25, 0.3) is 0 Å². The van der Waals surface area contributed by atoms with E-state index in [4.69, 9.17) is 33.2 Å².